The minimum absolute atomic E-state index is 0.246. The van der Waals surface area contributed by atoms with E-state index in [4.69, 9.17) is 4.42 Å². The summed E-state index contributed by atoms with van der Waals surface area (Å²) in [5, 5.41) is 3.37. The van der Waals surface area contributed by atoms with Gasteiger partial charge in [0.2, 0.25) is 5.89 Å². The predicted octanol–water partition coefficient (Wildman–Crippen LogP) is 2.66. The number of hydrogen-bond acceptors (Lipinski definition) is 4. The Morgan fingerprint density at radius 1 is 1.29 bits per heavy atom. The summed E-state index contributed by atoms with van der Waals surface area (Å²) < 4.78 is 18.7. The van der Waals surface area contributed by atoms with E-state index in [9.17, 15) is 4.39 Å². The summed E-state index contributed by atoms with van der Waals surface area (Å²) in [6.07, 6.45) is 4.02. The Bertz CT molecular complexity index is 575. The molecule has 1 aliphatic heterocycles. The topological polar surface area (TPSA) is 41.3 Å². The van der Waals surface area contributed by atoms with Crippen molar-refractivity contribution >= 4 is 0 Å². The molecule has 1 saturated heterocycles. The zero-order valence-corrected chi connectivity index (χ0v) is 12.2. The Kier molecular flexibility index (Phi) is 4.31. The van der Waals surface area contributed by atoms with E-state index in [1.165, 1.54) is 12.1 Å². The first-order chi connectivity index (χ1) is 10.2. The van der Waals surface area contributed by atoms with E-state index in [0.717, 1.165) is 31.5 Å². The van der Waals surface area contributed by atoms with Gasteiger partial charge in [0, 0.05) is 11.6 Å². The van der Waals surface area contributed by atoms with Crippen molar-refractivity contribution in [3.05, 3.63) is 42.2 Å². The second-order valence-electron chi connectivity index (χ2n) is 5.52. The average Bonchev–Trinajstić information content (AvgIpc) is 2.97. The molecule has 5 heteroatoms. The number of hydrogen-bond donors (Lipinski definition) is 1. The second-order valence-corrected chi connectivity index (χ2v) is 5.52. The van der Waals surface area contributed by atoms with E-state index in [2.05, 4.69) is 22.2 Å². The molecule has 0 atom stereocenters. The van der Waals surface area contributed by atoms with E-state index >= 15 is 0 Å². The van der Waals surface area contributed by atoms with Crippen LogP contribution in [0.5, 0.6) is 0 Å². The van der Waals surface area contributed by atoms with E-state index in [0.29, 0.717) is 24.2 Å². The quantitative estimate of drug-likeness (QED) is 0.939. The molecule has 112 valence electrons. The molecule has 1 fully saturated rings. The molecule has 3 rings (SSSR count). The van der Waals surface area contributed by atoms with Gasteiger partial charge in [-0.05, 0) is 57.2 Å². The van der Waals surface area contributed by atoms with Crippen molar-refractivity contribution in [1.82, 2.24) is 15.2 Å². The third-order valence-electron chi connectivity index (χ3n) is 4.00. The lowest BCUT2D eigenvalue weighted by molar-refractivity contribution is 0.177. The highest BCUT2D eigenvalue weighted by molar-refractivity contribution is 5.55. The molecule has 1 aliphatic rings. The zero-order chi connectivity index (χ0) is 14.7. The number of rotatable bonds is 4. The highest BCUT2D eigenvalue weighted by atomic mass is 19.1. The van der Waals surface area contributed by atoms with Gasteiger partial charge in [0.05, 0.1) is 12.7 Å². The molecule has 0 bridgehead atoms. The van der Waals surface area contributed by atoms with Gasteiger partial charge in [-0.15, -0.1) is 0 Å². The van der Waals surface area contributed by atoms with Crippen molar-refractivity contribution in [2.24, 2.45) is 0 Å². The molecule has 0 saturated carbocycles. The zero-order valence-electron chi connectivity index (χ0n) is 12.2. The van der Waals surface area contributed by atoms with Crippen molar-refractivity contribution < 1.29 is 8.81 Å². The summed E-state index contributed by atoms with van der Waals surface area (Å²) >= 11 is 0. The molecule has 0 radical (unpaired) electrons. The molecule has 0 aliphatic carbocycles. The maximum Gasteiger partial charge on any atom is 0.209 e. The van der Waals surface area contributed by atoms with Crippen LogP contribution in [0.1, 0.15) is 18.7 Å². The van der Waals surface area contributed by atoms with Gasteiger partial charge in [0.15, 0.2) is 5.76 Å². The third kappa shape index (κ3) is 3.49. The van der Waals surface area contributed by atoms with Crippen molar-refractivity contribution in [3.8, 4) is 11.3 Å². The number of benzene rings is 1. The van der Waals surface area contributed by atoms with Crippen LogP contribution in [-0.4, -0.2) is 36.1 Å². The first kappa shape index (κ1) is 14.2. The fourth-order valence-corrected chi connectivity index (χ4v) is 2.72. The first-order valence-corrected chi connectivity index (χ1v) is 7.34. The Hall–Kier alpha value is -1.72. The number of oxazole rings is 1. The normalized spacial score (nSPS) is 16.5. The molecule has 4 nitrogen and oxygen atoms in total. The van der Waals surface area contributed by atoms with E-state index in [1.807, 2.05) is 0 Å². The molecule has 0 unspecified atom stereocenters. The van der Waals surface area contributed by atoms with E-state index in [1.54, 1.807) is 18.3 Å². The minimum Gasteiger partial charge on any atom is -0.439 e. The van der Waals surface area contributed by atoms with Gasteiger partial charge in [0.25, 0.3) is 0 Å². The maximum absolute atomic E-state index is 12.9. The third-order valence-corrected chi connectivity index (χ3v) is 4.00. The summed E-state index contributed by atoms with van der Waals surface area (Å²) in [6, 6.07) is 6.84. The average molecular weight is 289 g/mol. The smallest absolute Gasteiger partial charge is 0.209 e. The van der Waals surface area contributed by atoms with Crippen molar-refractivity contribution in [1.29, 1.82) is 0 Å². The predicted molar refractivity (Wildman–Crippen MR) is 79.3 cm³/mol. The van der Waals surface area contributed by atoms with E-state index in [-0.39, 0.29) is 5.82 Å². The van der Waals surface area contributed by atoms with Gasteiger partial charge in [-0.1, -0.05) is 0 Å². The van der Waals surface area contributed by atoms with Crippen LogP contribution >= 0.6 is 0 Å². The van der Waals surface area contributed by atoms with Gasteiger partial charge in [-0.25, -0.2) is 9.37 Å². The lowest BCUT2D eigenvalue weighted by Crippen LogP contribution is -2.40. The molecular weight excluding hydrogens is 269 g/mol. The summed E-state index contributed by atoms with van der Waals surface area (Å²) in [7, 11) is 2.11. The second kappa shape index (κ2) is 6.37. The van der Waals surface area contributed by atoms with Crippen LogP contribution in [0, 0.1) is 5.82 Å². The molecule has 1 aromatic carbocycles. The van der Waals surface area contributed by atoms with Crippen LogP contribution in [0.25, 0.3) is 11.3 Å². The number of nitrogens with zero attached hydrogens (tertiary/aromatic N) is 2. The van der Waals surface area contributed by atoms with Gasteiger partial charge < -0.3 is 9.73 Å². The van der Waals surface area contributed by atoms with Crippen molar-refractivity contribution in [3.63, 3.8) is 0 Å². The summed E-state index contributed by atoms with van der Waals surface area (Å²) in [5.41, 5.74) is 0.847. The lowest BCUT2D eigenvalue weighted by atomic mass is 10.1. The van der Waals surface area contributed by atoms with Gasteiger partial charge >= 0.3 is 0 Å². The summed E-state index contributed by atoms with van der Waals surface area (Å²) in [6.45, 7) is 2.84. The number of nitrogens with one attached hydrogen (secondary N) is 1. The highest BCUT2D eigenvalue weighted by Crippen LogP contribution is 2.22. The monoisotopic (exact) mass is 289 g/mol. The van der Waals surface area contributed by atoms with Crippen LogP contribution in [-0.2, 0) is 6.54 Å². The molecule has 1 aromatic heterocycles. The Labute approximate surface area is 124 Å². The fraction of sp³-hybridized carbons (Fsp3) is 0.438. The maximum atomic E-state index is 12.9. The van der Waals surface area contributed by atoms with Crippen LogP contribution in [0.3, 0.4) is 0 Å². The summed E-state index contributed by atoms with van der Waals surface area (Å²) in [4.78, 5) is 6.62. The molecule has 2 heterocycles. The largest absolute Gasteiger partial charge is 0.439 e. The van der Waals surface area contributed by atoms with Crippen LogP contribution < -0.4 is 5.32 Å². The number of aromatic nitrogens is 1. The fourth-order valence-electron chi connectivity index (χ4n) is 2.72. The SMILES string of the molecule is CN(Cc1ncc(-c2ccc(F)cc2)o1)C1CCNCC1. The number of halogens is 1. The molecule has 0 amide bonds. The molecule has 1 N–H and O–H groups in total. The van der Waals surface area contributed by atoms with Crippen LogP contribution in [0.2, 0.25) is 0 Å². The Morgan fingerprint density at radius 2 is 2.00 bits per heavy atom. The Balaban J connectivity index is 1.65. The van der Waals surface area contributed by atoms with Gasteiger partial charge in [-0.3, -0.25) is 4.90 Å². The highest BCUT2D eigenvalue weighted by Gasteiger charge is 2.19. The number of piperidine rings is 1. The molecular formula is C16H20FN3O. The van der Waals surface area contributed by atoms with Crippen molar-refractivity contribution in [2.75, 3.05) is 20.1 Å². The Morgan fingerprint density at radius 3 is 2.71 bits per heavy atom. The lowest BCUT2D eigenvalue weighted by Gasteiger charge is -2.30. The van der Waals surface area contributed by atoms with Crippen molar-refractivity contribution in [2.45, 2.75) is 25.4 Å². The van der Waals surface area contributed by atoms with Crippen LogP contribution in [0.15, 0.2) is 34.9 Å². The van der Waals surface area contributed by atoms with E-state index < -0.39 is 0 Å². The molecule has 21 heavy (non-hydrogen) atoms. The molecule has 2 aromatic rings. The standard InChI is InChI=1S/C16H20FN3O/c1-20(14-6-8-18-9-7-14)11-16-19-10-15(21-16)12-2-4-13(17)5-3-12/h2-5,10,14,18H,6-9,11H2,1H3. The first-order valence-electron chi connectivity index (χ1n) is 7.34. The molecule has 0 spiro atoms. The van der Waals surface area contributed by atoms with Gasteiger partial charge in [-0.2, -0.15) is 0 Å². The summed E-state index contributed by atoms with van der Waals surface area (Å²) in [5.74, 6) is 1.14. The van der Waals surface area contributed by atoms with Crippen LogP contribution in [0.4, 0.5) is 4.39 Å². The van der Waals surface area contributed by atoms with Gasteiger partial charge in [0.1, 0.15) is 5.82 Å². The minimum atomic E-state index is -0.246.